The summed E-state index contributed by atoms with van der Waals surface area (Å²) in [4.78, 5) is 18.2. The van der Waals surface area contributed by atoms with Gasteiger partial charge < -0.3 is 0 Å². The third kappa shape index (κ3) is 1.95. The fourth-order valence-corrected chi connectivity index (χ4v) is 2.52. The van der Waals surface area contributed by atoms with Crippen LogP contribution < -0.4 is 4.90 Å². The minimum Gasteiger partial charge on any atom is -0.296 e. The van der Waals surface area contributed by atoms with Crippen molar-refractivity contribution < 1.29 is 4.79 Å². The number of pyridine rings is 1. The molecule has 1 saturated heterocycles. The van der Waals surface area contributed by atoms with E-state index in [9.17, 15) is 4.79 Å². The molecule has 0 radical (unpaired) electrons. The predicted octanol–water partition coefficient (Wildman–Crippen LogP) is 2.83. The van der Waals surface area contributed by atoms with Gasteiger partial charge in [-0.1, -0.05) is 18.2 Å². The summed E-state index contributed by atoms with van der Waals surface area (Å²) in [5, 5.41) is 1.08. The summed E-state index contributed by atoms with van der Waals surface area (Å²) in [6, 6.07) is 11.8. The second-order valence-corrected chi connectivity index (χ2v) is 4.90. The topological polar surface area (TPSA) is 33.2 Å². The number of fused-ring (bicyclic) bond motifs is 1. The molecule has 2 aromatic rings. The Balaban J connectivity index is 1.97. The zero-order valence-corrected chi connectivity index (χ0v) is 10.6. The highest BCUT2D eigenvalue weighted by Crippen LogP contribution is 2.25. The molecule has 0 saturated carbocycles. The SMILES string of the molecule is O=C1CC(CCl)CN1c1ccc2ccccc2n1. The highest BCUT2D eigenvalue weighted by Gasteiger charge is 2.30. The minimum atomic E-state index is 0.114. The van der Waals surface area contributed by atoms with Gasteiger partial charge in [0.1, 0.15) is 5.82 Å². The maximum Gasteiger partial charge on any atom is 0.228 e. The van der Waals surface area contributed by atoms with Gasteiger partial charge in [-0.25, -0.2) is 4.98 Å². The smallest absolute Gasteiger partial charge is 0.228 e. The van der Waals surface area contributed by atoms with Gasteiger partial charge in [0, 0.05) is 24.2 Å². The van der Waals surface area contributed by atoms with E-state index >= 15 is 0 Å². The van der Waals surface area contributed by atoms with Gasteiger partial charge in [-0.15, -0.1) is 11.6 Å². The number of para-hydroxylation sites is 1. The van der Waals surface area contributed by atoms with Crippen molar-refractivity contribution in [1.29, 1.82) is 0 Å². The van der Waals surface area contributed by atoms with E-state index in [0.717, 1.165) is 16.7 Å². The third-order valence-electron chi connectivity index (χ3n) is 3.28. The normalized spacial score (nSPS) is 19.7. The number of carbonyl (C=O) groups excluding carboxylic acids is 1. The van der Waals surface area contributed by atoms with E-state index in [-0.39, 0.29) is 11.8 Å². The van der Waals surface area contributed by atoms with Gasteiger partial charge >= 0.3 is 0 Å². The molecule has 1 aromatic heterocycles. The fourth-order valence-electron chi connectivity index (χ4n) is 2.31. The predicted molar refractivity (Wildman–Crippen MR) is 72.9 cm³/mol. The average Bonchev–Trinajstić information content (AvgIpc) is 2.79. The molecule has 0 spiro atoms. The Labute approximate surface area is 110 Å². The summed E-state index contributed by atoms with van der Waals surface area (Å²) < 4.78 is 0. The maximum absolute atomic E-state index is 11.9. The number of nitrogens with zero attached hydrogens (tertiary/aromatic N) is 2. The Bertz CT molecular complexity index is 599. The fraction of sp³-hybridized carbons (Fsp3) is 0.286. The van der Waals surface area contributed by atoms with Crippen LogP contribution in [0, 0.1) is 5.92 Å². The van der Waals surface area contributed by atoms with Gasteiger partial charge in [0.2, 0.25) is 5.91 Å². The Morgan fingerprint density at radius 1 is 1.28 bits per heavy atom. The van der Waals surface area contributed by atoms with Gasteiger partial charge in [-0.2, -0.15) is 0 Å². The Kier molecular flexibility index (Phi) is 2.92. The van der Waals surface area contributed by atoms with Crippen molar-refractivity contribution in [3.05, 3.63) is 36.4 Å². The molecule has 1 atom stereocenters. The van der Waals surface area contributed by atoms with Gasteiger partial charge in [0.25, 0.3) is 0 Å². The largest absolute Gasteiger partial charge is 0.296 e. The number of carbonyl (C=O) groups is 1. The summed E-state index contributed by atoms with van der Waals surface area (Å²) in [5.74, 6) is 1.61. The van der Waals surface area contributed by atoms with Crippen molar-refractivity contribution in [3.8, 4) is 0 Å². The Morgan fingerprint density at radius 3 is 2.89 bits per heavy atom. The van der Waals surface area contributed by atoms with Crippen molar-refractivity contribution in [3.63, 3.8) is 0 Å². The van der Waals surface area contributed by atoms with Crippen LogP contribution in [0.5, 0.6) is 0 Å². The van der Waals surface area contributed by atoms with Crippen LogP contribution in [0.15, 0.2) is 36.4 Å². The summed E-state index contributed by atoms with van der Waals surface area (Å²) in [7, 11) is 0. The molecule has 92 valence electrons. The first kappa shape index (κ1) is 11.5. The van der Waals surface area contributed by atoms with Crippen molar-refractivity contribution in [2.24, 2.45) is 5.92 Å². The van der Waals surface area contributed by atoms with Gasteiger partial charge in [-0.05, 0) is 24.1 Å². The monoisotopic (exact) mass is 260 g/mol. The standard InChI is InChI=1S/C14H13ClN2O/c15-8-10-7-14(18)17(9-10)13-6-5-11-3-1-2-4-12(11)16-13/h1-6,10H,7-9H2. The van der Waals surface area contributed by atoms with Crippen LogP contribution in [-0.2, 0) is 4.79 Å². The van der Waals surface area contributed by atoms with Crippen LogP contribution in [-0.4, -0.2) is 23.3 Å². The number of anilines is 1. The van der Waals surface area contributed by atoms with Crippen LogP contribution >= 0.6 is 11.6 Å². The summed E-state index contributed by atoms with van der Waals surface area (Å²) in [6.45, 7) is 0.674. The minimum absolute atomic E-state index is 0.114. The molecular weight excluding hydrogens is 248 g/mol. The van der Waals surface area contributed by atoms with Gasteiger partial charge in [-0.3, -0.25) is 9.69 Å². The van der Waals surface area contributed by atoms with Gasteiger partial charge in [0.15, 0.2) is 0 Å². The number of alkyl halides is 1. The number of aromatic nitrogens is 1. The second kappa shape index (κ2) is 4.58. The molecule has 1 unspecified atom stereocenters. The molecule has 2 heterocycles. The Hall–Kier alpha value is -1.61. The molecule has 3 rings (SSSR count). The third-order valence-corrected chi connectivity index (χ3v) is 3.72. The molecule has 0 N–H and O–H groups in total. The van der Waals surface area contributed by atoms with E-state index in [4.69, 9.17) is 11.6 Å². The first-order valence-electron chi connectivity index (χ1n) is 6.00. The molecular formula is C14H13ClN2O. The van der Waals surface area contributed by atoms with E-state index < -0.39 is 0 Å². The van der Waals surface area contributed by atoms with E-state index in [1.165, 1.54) is 0 Å². The molecule has 18 heavy (non-hydrogen) atoms. The lowest BCUT2D eigenvalue weighted by Crippen LogP contribution is -2.25. The molecule has 0 aliphatic carbocycles. The number of benzene rings is 1. The molecule has 4 heteroatoms. The highest BCUT2D eigenvalue weighted by molar-refractivity contribution is 6.18. The first-order chi connectivity index (χ1) is 8.78. The van der Waals surface area contributed by atoms with Crippen molar-refractivity contribution in [2.45, 2.75) is 6.42 Å². The zero-order valence-electron chi connectivity index (χ0n) is 9.84. The lowest BCUT2D eigenvalue weighted by molar-refractivity contribution is -0.117. The van der Waals surface area contributed by atoms with Crippen LogP contribution in [0.2, 0.25) is 0 Å². The first-order valence-corrected chi connectivity index (χ1v) is 6.53. The Morgan fingerprint density at radius 2 is 2.11 bits per heavy atom. The molecule has 0 bridgehead atoms. The van der Waals surface area contributed by atoms with E-state index in [1.807, 2.05) is 36.4 Å². The lowest BCUT2D eigenvalue weighted by Gasteiger charge is -2.15. The van der Waals surface area contributed by atoms with Crippen LogP contribution in [0.3, 0.4) is 0 Å². The quantitative estimate of drug-likeness (QED) is 0.778. The zero-order chi connectivity index (χ0) is 12.5. The number of amides is 1. The van der Waals surface area contributed by atoms with E-state index in [0.29, 0.717) is 18.8 Å². The molecule has 1 fully saturated rings. The lowest BCUT2D eigenvalue weighted by atomic mass is 10.1. The highest BCUT2D eigenvalue weighted by atomic mass is 35.5. The number of hydrogen-bond acceptors (Lipinski definition) is 2. The van der Waals surface area contributed by atoms with Crippen LogP contribution in [0.25, 0.3) is 10.9 Å². The van der Waals surface area contributed by atoms with Crippen molar-refractivity contribution in [2.75, 3.05) is 17.3 Å². The van der Waals surface area contributed by atoms with Crippen LogP contribution in [0.1, 0.15) is 6.42 Å². The molecule has 1 aromatic carbocycles. The van der Waals surface area contributed by atoms with Crippen molar-refractivity contribution >= 4 is 34.2 Å². The number of halogens is 1. The molecule has 1 aliphatic rings. The van der Waals surface area contributed by atoms with E-state index in [1.54, 1.807) is 4.90 Å². The number of hydrogen-bond donors (Lipinski definition) is 0. The van der Waals surface area contributed by atoms with Gasteiger partial charge in [0.05, 0.1) is 5.52 Å². The molecule has 1 aliphatic heterocycles. The molecule has 1 amide bonds. The maximum atomic E-state index is 11.9. The summed E-state index contributed by atoms with van der Waals surface area (Å²) in [6.07, 6.45) is 0.526. The number of rotatable bonds is 2. The summed E-state index contributed by atoms with van der Waals surface area (Å²) in [5.41, 5.74) is 0.914. The average molecular weight is 261 g/mol. The second-order valence-electron chi connectivity index (χ2n) is 4.59. The van der Waals surface area contributed by atoms with Crippen molar-refractivity contribution in [1.82, 2.24) is 4.98 Å². The molecule has 3 nitrogen and oxygen atoms in total. The van der Waals surface area contributed by atoms with E-state index in [2.05, 4.69) is 4.98 Å². The summed E-state index contributed by atoms with van der Waals surface area (Å²) >= 11 is 5.82. The van der Waals surface area contributed by atoms with Crippen LogP contribution in [0.4, 0.5) is 5.82 Å².